The Morgan fingerprint density at radius 3 is 3.12 bits per heavy atom. The summed E-state index contributed by atoms with van der Waals surface area (Å²) in [5.41, 5.74) is 1.51. The molecule has 0 fully saturated rings. The standard InChI is InChI=1S/C13H19NO2S/c1-3-16-13(15)9(2)14-8-11-7-10-5-4-6-12(10)17-11/h7,9,14H,3-6,8H2,1-2H3. The second-order valence-electron chi connectivity index (χ2n) is 4.37. The lowest BCUT2D eigenvalue weighted by Crippen LogP contribution is -2.34. The summed E-state index contributed by atoms with van der Waals surface area (Å²) in [6.45, 7) is 4.88. The predicted octanol–water partition coefficient (Wildman–Crippen LogP) is 2.28. The minimum absolute atomic E-state index is 0.170. The Morgan fingerprint density at radius 2 is 2.41 bits per heavy atom. The van der Waals surface area contributed by atoms with Crippen molar-refractivity contribution < 1.29 is 9.53 Å². The molecule has 1 atom stereocenters. The maximum atomic E-state index is 11.4. The van der Waals surface area contributed by atoms with E-state index in [1.807, 2.05) is 25.2 Å². The van der Waals surface area contributed by atoms with Crippen LogP contribution in [0.2, 0.25) is 0 Å². The lowest BCUT2D eigenvalue weighted by atomic mass is 10.2. The van der Waals surface area contributed by atoms with E-state index in [9.17, 15) is 4.79 Å². The summed E-state index contributed by atoms with van der Waals surface area (Å²) in [4.78, 5) is 14.3. The van der Waals surface area contributed by atoms with Crippen LogP contribution in [0.3, 0.4) is 0 Å². The van der Waals surface area contributed by atoms with Crippen LogP contribution in [0, 0.1) is 0 Å². The first kappa shape index (κ1) is 12.6. The van der Waals surface area contributed by atoms with Crippen LogP contribution in [-0.2, 0) is 28.9 Å². The second-order valence-corrected chi connectivity index (χ2v) is 5.59. The van der Waals surface area contributed by atoms with E-state index in [0.29, 0.717) is 6.61 Å². The van der Waals surface area contributed by atoms with Gasteiger partial charge in [-0.1, -0.05) is 0 Å². The van der Waals surface area contributed by atoms with Gasteiger partial charge in [-0.15, -0.1) is 11.3 Å². The summed E-state index contributed by atoms with van der Waals surface area (Å²) in [5.74, 6) is -0.170. The molecule has 1 aliphatic carbocycles. The highest BCUT2D eigenvalue weighted by molar-refractivity contribution is 7.12. The van der Waals surface area contributed by atoms with Gasteiger partial charge in [-0.05, 0) is 44.7 Å². The van der Waals surface area contributed by atoms with Gasteiger partial charge in [-0.2, -0.15) is 0 Å². The molecule has 1 N–H and O–H groups in total. The van der Waals surface area contributed by atoms with Crippen LogP contribution in [-0.4, -0.2) is 18.6 Å². The molecule has 0 spiro atoms. The highest BCUT2D eigenvalue weighted by atomic mass is 32.1. The number of hydrogen-bond acceptors (Lipinski definition) is 4. The van der Waals surface area contributed by atoms with Gasteiger partial charge in [0.1, 0.15) is 6.04 Å². The number of fused-ring (bicyclic) bond motifs is 1. The Kier molecular flexibility index (Phi) is 4.18. The van der Waals surface area contributed by atoms with Crippen molar-refractivity contribution in [2.75, 3.05) is 6.61 Å². The molecule has 0 radical (unpaired) electrons. The Bertz CT molecular complexity index is 379. The molecule has 0 aliphatic heterocycles. The number of esters is 1. The fourth-order valence-electron chi connectivity index (χ4n) is 2.08. The molecule has 0 bridgehead atoms. The van der Waals surface area contributed by atoms with Crippen molar-refractivity contribution in [3.8, 4) is 0 Å². The molecule has 1 heterocycles. The van der Waals surface area contributed by atoms with Gasteiger partial charge < -0.3 is 4.74 Å². The highest BCUT2D eigenvalue weighted by Crippen LogP contribution is 2.30. The first-order valence-corrected chi connectivity index (χ1v) is 7.03. The van der Waals surface area contributed by atoms with Crippen LogP contribution in [0.5, 0.6) is 0 Å². The predicted molar refractivity (Wildman–Crippen MR) is 69.3 cm³/mol. The number of hydrogen-bond donors (Lipinski definition) is 1. The lowest BCUT2D eigenvalue weighted by Gasteiger charge is -2.11. The average molecular weight is 253 g/mol. The van der Waals surface area contributed by atoms with Crippen molar-refractivity contribution in [3.63, 3.8) is 0 Å². The van der Waals surface area contributed by atoms with Crippen molar-refractivity contribution in [1.82, 2.24) is 5.32 Å². The van der Waals surface area contributed by atoms with Gasteiger partial charge in [-0.3, -0.25) is 10.1 Å². The monoisotopic (exact) mass is 253 g/mol. The zero-order valence-corrected chi connectivity index (χ0v) is 11.2. The number of rotatable bonds is 5. The van der Waals surface area contributed by atoms with Gasteiger partial charge in [0.2, 0.25) is 0 Å². The van der Waals surface area contributed by atoms with Crippen LogP contribution in [0.1, 0.15) is 35.6 Å². The maximum Gasteiger partial charge on any atom is 0.322 e. The quantitative estimate of drug-likeness (QED) is 0.818. The summed E-state index contributed by atoms with van der Waals surface area (Å²) in [7, 11) is 0. The first-order valence-electron chi connectivity index (χ1n) is 6.21. The van der Waals surface area contributed by atoms with Gasteiger partial charge in [0, 0.05) is 16.3 Å². The molecular weight excluding hydrogens is 234 g/mol. The number of ether oxygens (including phenoxy) is 1. The van der Waals surface area contributed by atoms with E-state index in [2.05, 4.69) is 11.4 Å². The maximum absolute atomic E-state index is 11.4. The second kappa shape index (κ2) is 5.65. The largest absolute Gasteiger partial charge is 0.465 e. The van der Waals surface area contributed by atoms with E-state index in [1.165, 1.54) is 34.6 Å². The topological polar surface area (TPSA) is 38.3 Å². The molecular formula is C13H19NO2S. The minimum Gasteiger partial charge on any atom is -0.465 e. The molecule has 3 nitrogen and oxygen atoms in total. The van der Waals surface area contributed by atoms with Gasteiger partial charge in [0.15, 0.2) is 0 Å². The van der Waals surface area contributed by atoms with E-state index in [1.54, 1.807) is 0 Å². The fourth-order valence-corrected chi connectivity index (χ4v) is 3.29. The average Bonchev–Trinajstić information content (AvgIpc) is 2.86. The summed E-state index contributed by atoms with van der Waals surface area (Å²) in [6.07, 6.45) is 3.75. The zero-order valence-electron chi connectivity index (χ0n) is 10.4. The lowest BCUT2D eigenvalue weighted by molar-refractivity contribution is -0.145. The molecule has 1 aromatic heterocycles. The normalized spacial score (nSPS) is 15.6. The molecule has 0 aromatic carbocycles. The third-order valence-electron chi connectivity index (χ3n) is 3.02. The van der Waals surface area contributed by atoms with Crippen molar-refractivity contribution in [3.05, 3.63) is 21.4 Å². The molecule has 1 unspecified atom stereocenters. The first-order chi connectivity index (χ1) is 8.20. The summed E-state index contributed by atoms with van der Waals surface area (Å²) in [5, 5.41) is 3.21. The molecule has 1 aromatic rings. The number of aryl methyl sites for hydroxylation is 2. The number of thiophene rings is 1. The number of carbonyl (C=O) groups excluding carboxylic acids is 1. The van der Waals surface area contributed by atoms with Crippen molar-refractivity contribution in [1.29, 1.82) is 0 Å². The van der Waals surface area contributed by atoms with E-state index in [0.717, 1.165) is 6.54 Å². The van der Waals surface area contributed by atoms with E-state index in [4.69, 9.17) is 4.74 Å². The number of nitrogens with one attached hydrogen (secondary N) is 1. The third-order valence-corrected chi connectivity index (χ3v) is 4.26. The van der Waals surface area contributed by atoms with Crippen LogP contribution in [0.4, 0.5) is 0 Å². The molecule has 0 saturated heterocycles. The van der Waals surface area contributed by atoms with Crippen molar-refractivity contribution in [2.24, 2.45) is 0 Å². The van der Waals surface area contributed by atoms with E-state index in [-0.39, 0.29) is 12.0 Å². The van der Waals surface area contributed by atoms with Crippen molar-refractivity contribution in [2.45, 2.75) is 45.7 Å². The summed E-state index contributed by atoms with van der Waals surface area (Å²) < 4.78 is 4.96. The summed E-state index contributed by atoms with van der Waals surface area (Å²) >= 11 is 1.87. The molecule has 17 heavy (non-hydrogen) atoms. The Hall–Kier alpha value is -0.870. The molecule has 1 aliphatic rings. The van der Waals surface area contributed by atoms with Gasteiger partial charge in [0.25, 0.3) is 0 Å². The van der Waals surface area contributed by atoms with E-state index >= 15 is 0 Å². The van der Waals surface area contributed by atoms with Crippen LogP contribution < -0.4 is 5.32 Å². The number of carbonyl (C=O) groups is 1. The van der Waals surface area contributed by atoms with E-state index < -0.39 is 0 Å². The zero-order chi connectivity index (χ0) is 12.3. The highest BCUT2D eigenvalue weighted by Gasteiger charge is 2.16. The van der Waals surface area contributed by atoms with Crippen LogP contribution in [0.25, 0.3) is 0 Å². The van der Waals surface area contributed by atoms with Gasteiger partial charge >= 0.3 is 5.97 Å². The Morgan fingerprint density at radius 1 is 1.59 bits per heavy atom. The van der Waals surface area contributed by atoms with Crippen LogP contribution in [0.15, 0.2) is 6.07 Å². The molecule has 4 heteroatoms. The smallest absolute Gasteiger partial charge is 0.322 e. The van der Waals surface area contributed by atoms with Crippen molar-refractivity contribution >= 4 is 17.3 Å². The van der Waals surface area contributed by atoms with Crippen LogP contribution >= 0.6 is 11.3 Å². The minimum atomic E-state index is -0.230. The Labute approximate surface area is 106 Å². The van der Waals surface area contributed by atoms with Gasteiger partial charge in [-0.25, -0.2) is 0 Å². The molecule has 2 rings (SSSR count). The SMILES string of the molecule is CCOC(=O)C(C)NCc1cc2c(s1)CCC2. The fraction of sp³-hybridized carbons (Fsp3) is 0.615. The molecule has 94 valence electrons. The summed E-state index contributed by atoms with van der Waals surface area (Å²) in [6, 6.07) is 2.05. The molecule has 0 saturated carbocycles. The Balaban J connectivity index is 1.83. The molecule has 0 amide bonds. The third kappa shape index (κ3) is 3.07. The van der Waals surface area contributed by atoms with Gasteiger partial charge in [0.05, 0.1) is 6.61 Å².